The van der Waals surface area contributed by atoms with Gasteiger partial charge in [0.05, 0.1) is 6.42 Å². The molecule has 0 saturated heterocycles. The highest BCUT2D eigenvalue weighted by atomic mass is 16.6. The van der Waals surface area contributed by atoms with E-state index < -0.39 is 30.4 Å². The molecule has 6 heteroatoms. The lowest BCUT2D eigenvalue weighted by atomic mass is 10.2. The van der Waals surface area contributed by atoms with Crippen molar-refractivity contribution in [3.8, 4) is 0 Å². The minimum Gasteiger partial charge on any atom is -0.481 e. The summed E-state index contributed by atoms with van der Waals surface area (Å²) in [5.74, 6) is -3.27. The van der Waals surface area contributed by atoms with E-state index in [0.29, 0.717) is 0 Å². The van der Waals surface area contributed by atoms with Crippen LogP contribution in [0.25, 0.3) is 0 Å². The molecule has 13 heavy (non-hydrogen) atoms. The first-order valence-electron chi connectivity index (χ1n) is 3.32. The Bertz CT molecular complexity index is 247. The molecule has 0 amide bonds. The summed E-state index contributed by atoms with van der Waals surface area (Å²) in [5.41, 5.74) is 5.08. The maximum absolute atomic E-state index is 10.8. The molecule has 0 aliphatic rings. The third kappa shape index (κ3) is 4.70. The average molecular weight is 187 g/mol. The van der Waals surface area contributed by atoms with Gasteiger partial charge in [-0.15, -0.1) is 0 Å². The van der Waals surface area contributed by atoms with E-state index in [1.165, 1.54) is 0 Å². The molecule has 6 nitrogen and oxygen atoms in total. The van der Waals surface area contributed by atoms with E-state index in [1.807, 2.05) is 0 Å². The molecule has 3 N–H and O–H groups in total. The zero-order chi connectivity index (χ0) is 10.4. The molecule has 0 aromatic carbocycles. The van der Waals surface area contributed by atoms with Crippen LogP contribution in [0.3, 0.4) is 0 Å². The Hall–Kier alpha value is -1.69. The smallest absolute Gasteiger partial charge is 0.337 e. The van der Waals surface area contributed by atoms with E-state index in [4.69, 9.17) is 10.8 Å². The second-order valence-corrected chi connectivity index (χ2v) is 2.15. The maximum atomic E-state index is 10.8. The van der Waals surface area contributed by atoms with E-state index in [2.05, 4.69) is 11.3 Å². The summed E-state index contributed by atoms with van der Waals surface area (Å²) >= 11 is 0. The Labute approximate surface area is 74.0 Å². The minimum absolute atomic E-state index is 0.580. The fourth-order valence-corrected chi connectivity index (χ4v) is 0.488. The molecule has 0 bridgehead atoms. The van der Waals surface area contributed by atoms with Gasteiger partial charge in [-0.05, 0) is 0 Å². The zero-order valence-electron chi connectivity index (χ0n) is 6.73. The lowest BCUT2D eigenvalue weighted by Gasteiger charge is -2.05. The monoisotopic (exact) mass is 187 g/mol. The van der Waals surface area contributed by atoms with E-state index >= 15 is 0 Å². The molecule has 0 radical (unpaired) electrons. The number of rotatable bonds is 4. The van der Waals surface area contributed by atoms with E-state index in [0.717, 1.165) is 6.08 Å². The summed E-state index contributed by atoms with van der Waals surface area (Å²) in [6.07, 6.45) is 0.203. The van der Waals surface area contributed by atoms with Crippen LogP contribution < -0.4 is 5.73 Å². The highest BCUT2D eigenvalue weighted by Crippen LogP contribution is 1.93. The van der Waals surface area contributed by atoms with Gasteiger partial charge >= 0.3 is 17.9 Å². The number of hydrogen-bond donors (Lipinski definition) is 2. The fraction of sp³-hybridized carbons (Fsp3) is 0.286. The topological polar surface area (TPSA) is 107 Å². The number of carboxylic acids is 1. The molecule has 0 heterocycles. The summed E-state index contributed by atoms with van der Waals surface area (Å²) in [4.78, 5) is 31.3. The predicted octanol–water partition coefficient (Wildman–Crippen LogP) is -0.956. The predicted molar refractivity (Wildman–Crippen MR) is 41.5 cm³/mol. The lowest BCUT2D eigenvalue weighted by molar-refractivity contribution is -0.159. The second kappa shape index (κ2) is 5.04. The number of carbonyl (C=O) groups excluding carboxylic acids is 2. The average Bonchev–Trinajstić information content (AvgIpc) is 2.02. The molecule has 0 rings (SSSR count). The molecular formula is C7H9NO5. The number of hydrogen-bond acceptors (Lipinski definition) is 5. The molecule has 0 unspecified atom stereocenters. The van der Waals surface area contributed by atoms with Crippen LogP contribution in [0.5, 0.6) is 0 Å². The van der Waals surface area contributed by atoms with Crippen LogP contribution in [-0.4, -0.2) is 29.1 Å². The van der Waals surface area contributed by atoms with Gasteiger partial charge in [0.1, 0.15) is 6.04 Å². The zero-order valence-corrected chi connectivity index (χ0v) is 6.73. The van der Waals surface area contributed by atoms with Gasteiger partial charge in [-0.25, -0.2) is 9.59 Å². The molecule has 0 aromatic rings. The minimum atomic E-state index is -1.33. The number of aliphatic carboxylic acids is 1. The fourth-order valence-electron chi connectivity index (χ4n) is 0.488. The van der Waals surface area contributed by atoms with Crippen molar-refractivity contribution in [2.24, 2.45) is 5.73 Å². The SMILES string of the molecule is C=CC(=O)OC(=O)[C@@H](N)CC(=O)O. The Morgan fingerprint density at radius 1 is 1.54 bits per heavy atom. The Morgan fingerprint density at radius 2 is 2.08 bits per heavy atom. The molecule has 0 saturated carbocycles. The quantitative estimate of drug-likeness (QED) is 0.333. The molecule has 0 aliphatic carbocycles. The van der Waals surface area contributed by atoms with Crippen LogP contribution in [0.2, 0.25) is 0 Å². The van der Waals surface area contributed by atoms with Crippen LogP contribution >= 0.6 is 0 Å². The molecule has 0 aliphatic heterocycles. The molecular weight excluding hydrogens is 178 g/mol. The summed E-state index contributed by atoms with van der Waals surface area (Å²) in [6.45, 7) is 3.05. The van der Waals surface area contributed by atoms with Gasteiger partial charge in [-0.3, -0.25) is 4.79 Å². The van der Waals surface area contributed by atoms with Crippen molar-refractivity contribution in [1.82, 2.24) is 0 Å². The van der Waals surface area contributed by atoms with Gasteiger partial charge in [-0.1, -0.05) is 6.58 Å². The summed E-state index contributed by atoms with van der Waals surface area (Å²) in [6, 6.07) is -1.33. The van der Waals surface area contributed by atoms with Crippen LogP contribution in [0.1, 0.15) is 6.42 Å². The number of carbonyl (C=O) groups is 3. The van der Waals surface area contributed by atoms with Crippen molar-refractivity contribution >= 4 is 17.9 Å². The number of carboxylic acid groups (broad SMARTS) is 1. The summed E-state index contributed by atoms with van der Waals surface area (Å²) in [5, 5.41) is 8.23. The lowest BCUT2D eigenvalue weighted by Crippen LogP contribution is -2.35. The van der Waals surface area contributed by atoms with Crippen LogP contribution in [0, 0.1) is 0 Å². The number of ether oxygens (including phenoxy) is 1. The van der Waals surface area contributed by atoms with Crippen molar-refractivity contribution in [3.63, 3.8) is 0 Å². The summed E-state index contributed by atoms with van der Waals surface area (Å²) < 4.78 is 4.08. The van der Waals surface area contributed by atoms with Crippen molar-refractivity contribution in [1.29, 1.82) is 0 Å². The van der Waals surface area contributed by atoms with Gasteiger partial charge < -0.3 is 15.6 Å². The molecule has 72 valence electrons. The first-order chi connectivity index (χ1) is 5.97. The van der Waals surface area contributed by atoms with Crippen molar-refractivity contribution in [2.75, 3.05) is 0 Å². The van der Waals surface area contributed by atoms with Crippen molar-refractivity contribution < 1.29 is 24.2 Å². The van der Waals surface area contributed by atoms with Gasteiger partial charge in [0.2, 0.25) is 0 Å². The number of esters is 2. The first kappa shape index (κ1) is 11.3. The van der Waals surface area contributed by atoms with E-state index in [9.17, 15) is 14.4 Å². The van der Waals surface area contributed by atoms with E-state index in [1.54, 1.807) is 0 Å². The molecule has 1 atom stereocenters. The normalized spacial score (nSPS) is 11.5. The van der Waals surface area contributed by atoms with Crippen molar-refractivity contribution in [2.45, 2.75) is 12.5 Å². The highest BCUT2D eigenvalue weighted by molar-refractivity contribution is 5.94. The number of nitrogens with two attached hydrogens (primary N) is 1. The van der Waals surface area contributed by atoms with E-state index in [-0.39, 0.29) is 0 Å². The molecule has 0 spiro atoms. The summed E-state index contributed by atoms with van der Waals surface area (Å²) in [7, 11) is 0. The molecule has 0 aromatic heterocycles. The standard InChI is InChI=1S/C7H9NO5/c1-2-6(11)13-7(12)4(8)3-5(9)10/h2,4H,1,3,8H2,(H,9,10)/t4-/m0/s1. The highest BCUT2D eigenvalue weighted by Gasteiger charge is 2.20. The van der Waals surface area contributed by atoms with Crippen molar-refractivity contribution in [3.05, 3.63) is 12.7 Å². The van der Waals surface area contributed by atoms with Gasteiger partial charge in [0.25, 0.3) is 0 Å². The van der Waals surface area contributed by atoms with Crippen LogP contribution in [0.4, 0.5) is 0 Å². The van der Waals surface area contributed by atoms with Crippen LogP contribution in [0.15, 0.2) is 12.7 Å². The largest absolute Gasteiger partial charge is 0.481 e. The Balaban J connectivity index is 4.03. The van der Waals surface area contributed by atoms with Gasteiger partial charge in [0, 0.05) is 6.08 Å². The van der Waals surface area contributed by atoms with Crippen LogP contribution in [-0.2, 0) is 19.1 Å². The first-order valence-corrected chi connectivity index (χ1v) is 3.32. The van der Waals surface area contributed by atoms with Gasteiger partial charge in [0.15, 0.2) is 0 Å². The maximum Gasteiger partial charge on any atom is 0.337 e. The Morgan fingerprint density at radius 3 is 2.46 bits per heavy atom. The third-order valence-electron chi connectivity index (χ3n) is 1.07. The Kier molecular flexibility index (Phi) is 4.39. The molecule has 0 fully saturated rings. The third-order valence-corrected chi connectivity index (χ3v) is 1.07. The second-order valence-electron chi connectivity index (χ2n) is 2.15. The van der Waals surface area contributed by atoms with Gasteiger partial charge in [-0.2, -0.15) is 0 Å².